The zero-order valence-corrected chi connectivity index (χ0v) is 29.5. The first-order chi connectivity index (χ1) is 25.3. The van der Waals surface area contributed by atoms with E-state index in [0.717, 1.165) is 62.6 Å². The van der Waals surface area contributed by atoms with E-state index in [2.05, 4.69) is 155 Å². The maximum absolute atomic E-state index is 12.4. The molecular weight excluding hydrogens is 665 g/mol. The number of nitrogens with zero attached hydrogens (tertiary/aromatic N) is 3. The topological polar surface area (TPSA) is 85.2 Å². The van der Waals surface area contributed by atoms with Crippen molar-refractivity contribution < 1.29 is 14.7 Å². The number of aliphatic carboxylic acids is 1. The molecule has 1 aliphatic rings. The SMILES string of the molecule is Cc1ccc(N(c2ccccc2)c2ccc(-c3ccc(N(c4ccc(C)cc4)c4ccc(/C=C5\N=C(SCC(=O)O)NC5=O)cc4)cc3)cc2)cc1. The van der Waals surface area contributed by atoms with Crippen LogP contribution in [0, 0.1) is 13.8 Å². The Morgan fingerprint density at radius 2 is 1.02 bits per heavy atom. The van der Waals surface area contributed by atoms with Gasteiger partial charge < -0.3 is 14.9 Å². The molecule has 0 aliphatic carbocycles. The van der Waals surface area contributed by atoms with Crippen molar-refractivity contribution in [3.63, 3.8) is 0 Å². The van der Waals surface area contributed by atoms with Crippen LogP contribution in [-0.2, 0) is 9.59 Å². The Kier molecular flexibility index (Phi) is 9.99. The molecule has 0 unspecified atom stereocenters. The summed E-state index contributed by atoms with van der Waals surface area (Å²) >= 11 is 0.981. The van der Waals surface area contributed by atoms with Gasteiger partial charge in [0, 0.05) is 34.1 Å². The molecular formula is C44H36N4O3S. The number of carboxylic acid groups (broad SMARTS) is 1. The van der Waals surface area contributed by atoms with Crippen molar-refractivity contribution in [2.75, 3.05) is 15.6 Å². The number of rotatable bonds is 10. The number of amides is 1. The Hall–Kier alpha value is -6.38. The number of para-hydroxylation sites is 1. The molecule has 0 spiro atoms. The predicted octanol–water partition coefficient (Wildman–Crippen LogP) is 10.6. The van der Waals surface area contributed by atoms with Crippen LogP contribution < -0.4 is 15.1 Å². The lowest BCUT2D eigenvalue weighted by Gasteiger charge is -2.26. The van der Waals surface area contributed by atoms with E-state index in [0.29, 0.717) is 0 Å². The van der Waals surface area contributed by atoms with Gasteiger partial charge >= 0.3 is 5.97 Å². The fourth-order valence-corrected chi connectivity index (χ4v) is 6.58. The minimum atomic E-state index is -0.971. The zero-order valence-electron chi connectivity index (χ0n) is 28.7. The summed E-state index contributed by atoms with van der Waals surface area (Å²) in [6, 6.07) is 52.6. The van der Waals surface area contributed by atoms with Crippen LogP contribution in [0.2, 0.25) is 0 Å². The number of aryl methyl sites for hydroxylation is 2. The highest BCUT2D eigenvalue weighted by molar-refractivity contribution is 8.14. The molecule has 0 bridgehead atoms. The number of hydrogen-bond acceptors (Lipinski definition) is 6. The van der Waals surface area contributed by atoms with E-state index < -0.39 is 5.97 Å². The highest BCUT2D eigenvalue weighted by atomic mass is 32.2. The van der Waals surface area contributed by atoms with E-state index in [4.69, 9.17) is 5.11 Å². The number of carbonyl (C=O) groups excluding carboxylic acids is 1. The summed E-state index contributed by atoms with van der Waals surface area (Å²) in [7, 11) is 0. The van der Waals surface area contributed by atoms with Gasteiger partial charge in [0.2, 0.25) is 0 Å². The van der Waals surface area contributed by atoms with Gasteiger partial charge in [-0.2, -0.15) is 0 Å². The number of amidine groups is 1. The lowest BCUT2D eigenvalue weighted by Crippen LogP contribution is -2.22. The third kappa shape index (κ3) is 7.83. The zero-order chi connectivity index (χ0) is 36.0. The highest BCUT2D eigenvalue weighted by Gasteiger charge is 2.21. The van der Waals surface area contributed by atoms with E-state index >= 15 is 0 Å². The molecule has 1 amide bonds. The summed E-state index contributed by atoms with van der Waals surface area (Å²) < 4.78 is 0. The molecule has 0 aromatic heterocycles. The number of anilines is 6. The summed E-state index contributed by atoms with van der Waals surface area (Å²) in [5.41, 5.74) is 11.9. The maximum Gasteiger partial charge on any atom is 0.313 e. The molecule has 0 atom stereocenters. The predicted molar refractivity (Wildman–Crippen MR) is 214 cm³/mol. The Labute approximate surface area is 307 Å². The number of hydrogen-bond donors (Lipinski definition) is 2. The van der Waals surface area contributed by atoms with Gasteiger partial charge in [-0.15, -0.1) is 0 Å². The van der Waals surface area contributed by atoms with E-state index in [1.165, 1.54) is 11.1 Å². The second kappa shape index (κ2) is 15.2. The van der Waals surface area contributed by atoms with Crippen molar-refractivity contribution in [2.24, 2.45) is 4.99 Å². The fourth-order valence-electron chi connectivity index (χ4n) is 5.99. The summed E-state index contributed by atoms with van der Waals surface area (Å²) in [4.78, 5) is 32.1. The van der Waals surface area contributed by atoms with Crippen LogP contribution >= 0.6 is 11.8 Å². The number of benzene rings is 6. The molecule has 1 aliphatic heterocycles. The molecule has 6 aromatic carbocycles. The lowest BCUT2D eigenvalue weighted by molar-refractivity contribution is -0.133. The van der Waals surface area contributed by atoms with E-state index in [1.54, 1.807) is 6.08 Å². The average molecular weight is 701 g/mol. The molecule has 7 rings (SSSR count). The van der Waals surface area contributed by atoms with Gasteiger partial charge in [0.15, 0.2) is 5.17 Å². The van der Waals surface area contributed by atoms with Gasteiger partial charge in [-0.05, 0) is 109 Å². The van der Waals surface area contributed by atoms with Crippen molar-refractivity contribution in [1.29, 1.82) is 0 Å². The first-order valence-electron chi connectivity index (χ1n) is 16.9. The van der Waals surface area contributed by atoms with Crippen molar-refractivity contribution in [3.8, 4) is 11.1 Å². The second-order valence-electron chi connectivity index (χ2n) is 12.4. The van der Waals surface area contributed by atoms with Gasteiger partial charge in [0.1, 0.15) is 5.70 Å². The number of aliphatic imine (C=N–C) groups is 1. The van der Waals surface area contributed by atoms with E-state index in [9.17, 15) is 9.59 Å². The molecule has 0 fully saturated rings. The fraction of sp³-hybridized carbons (Fsp3) is 0.0682. The monoisotopic (exact) mass is 700 g/mol. The second-order valence-corrected chi connectivity index (χ2v) is 13.4. The number of thioether (sulfide) groups is 1. The maximum atomic E-state index is 12.4. The summed E-state index contributed by atoms with van der Waals surface area (Å²) in [5.74, 6) is -1.50. The quantitative estimate of drug-likeness (QED) is 0.138. The Morgan fingerprint density at radius 1 is 0.615 bits per heavy atom. The molecule has 1 heterocycles. The third-order valence-electron chi connectivity index (χ3n) is 8.65. The van der Waals surface area contributed by atoms with Crippen LogP contribution in [0.5, 0.6) is 0 Å². The van der Waals surface area contributed by atoms with E-state index in [-0.39, 0.29) is 22.5 Å². The largest absolute Gasteiger partial charge is 0.481 e. The van der Waals surface area contributed by atoms with Crippen LogP contribution in [0.15, 0.2) is 162 Å². The number of nitrogens with one attached hydrogen (secondary N) is 1. The summed E-state index contributed by atoms with van der Waals surface area (Å²) in [6.07, 6.45) is 1.70. The smallest absolute Gasteiger partial charge is 0.313 e. The van der Waals surface area contributed by atoms with Gasteiger partial charge in [-0.25, -0.2) is 4.99 Å². The van der Waals surface area contributed by atoms with Crippen molar-refractivity contribution in [2.45, 2.75) is 13.8 Å². The summed E-state index contributed by atoms with van der Waals surface area (Å²) in [6.45, 7) is 4.17. The Morgan fingerprint density at radius 3 is 1.46 bits per heavy atom. The Bertz CT molecular complexity index is 2250. The van der Waals surface area contributed by atoms with Crippen molar-refractivity contribution >= 4 is 69.0 Å². The first-order valence-corrected chi connectivity index (χ1v) is 17.8. The number of carboxylic acids is 1. The molecule has 7 nitrogen and oxygen atoms in total. The van der Waals surface area contributed by atoms with Crippen molar-refractivity contribution in [3.05, 3.63) is 174 Å². The third-order valence-corrected chi connectivity index (χ3v) is 9.50. The molecule has 6 aromatic rings. The van der Waals surface area contributed by atoms with Crippen LogP contribution in [0.25, 0.3) is 17.2 Å². The minimum Gasteiger partial charge on any atom is -0.481 e. The Balaban J connectivity index is 1.15. The molecule has 256 valence electrons. The van der Waals surface area contributed by atoms with Gasteiger partial charge in [0.25, 0.3) is 5.91 Å². The highest BCUT2D eigenvalue weighted by Crippen LogP contribution is 2.38. The normalized spacial score (nSPS) is 13.1. The van der Waals surface area contributed by atoms with E-state index in [1.807, 2.05) is 30.3 Å². The molecule has 0 saturated carbocycles. The molecule has 2 N–H and O–H groups in total. The minimum absolute atomic E-state index is 0.175. The van der Waals surface area contributed by atoms with Crippen LogP contribution in [0.4, 0.5) is 34.1 Å². The molecule has 0 saturated heterocycles. The van der Waals surface area contributed by atoms with Crippen LogP contribution in [0.3, 0.4) is 0 Å². The van der Waals surface area contributed by atoms with Gasteiger partial charge in [0.05, 0.1) is 5.75 Å². The number of carbonyl (C=O) groups is 2. The van der Waals surface area contributed by atoms with Crippen molar-refractivity contribution in [1.82, 2.24) is 5.32 Å². The molecule has 8 heteroatoms. The van der Waals surface area contributed by atoms with Gasteiger partial charge in [-0.3, -0.25) is 14.9 Å². The molecule has 52 heavy (non-hydrogen) atoms. The van der Waals surface area contributed by atoms with Crippen LogP contribution in [0.1, 0.15) is 16.7 Å². The average Bonchev–Trinajstić information content (AvgIpc) is 3.52. The van der Waals surface area contributed by atoms with Gasteiger partial charge in [-0.1, -0.05) is 102 Å². The standard InChI is InChI=1S/C44H36N4O3S/c1-30-8-18-36(19-9-30)47(35-6-4-3-5-7-35)39-24-14-33(15-25-39)34-16-26-40(27-17-34)48(37-20-10-31(2)11-21-37)38-22-12-32(13-23-38)28-41-43(51)46-44(45-41)52-29-42(49)50/h3-28H,29H2,1-2H3,(H,49,50)(H,45,46,51)/b41-28-. The first kappa shape index (κ1) is 34.1. The van der Waals surface area contributed by atoms with Crippen LogP contribution in [-0.4, -0.2) is 27.9 Å². The lowest BCUT2D eigenvalue weighted by atomic mass is 10.0. The molecule has 0 radical (unpaired) electrons. The summed E-state index contributed by atoms with van der Waals surface area (Å²) in [5, 5.41) is 11.9.